The minimum absolute atomic E-state index is 0.0475. The highest BCUT2D eigenvalue weighted by Crippen LogP contribution is 2.36. The molecule has 0 saturated carbocycles. The molecule has 5 nitrogen and oxygen atoms in total. The van der Waals surface area contributed by atoms with Crippen molar-refractivity contribution in [3.05, 3.63) is 28.3 Å². The van der Waals surface area contributed by atoms with Crippen molar-refractivity contribution in [1.29, 1.82) is 0 Å². The highest BCUT2D eigenvalue weighted by atomic mass is 16.6. The minimum atomic E-state index is -0.373. The molecule has 1 atom stereocenters. The summed E-state index contributed by atoms with van der Waals surface area (Å²) in [5.74, 6) is 0. The highest BCUT2D eigenvalue weighted by Gasteiger charge is 2.26. The molecule has 98 valence electrons. The lowest BCUT2D eigenvalue weighted by Crippen LogP contribution is -2.33. The van der Waals surface area contributed by atoms with E-state index in [1.165, 1.54) is 12.8 Å². The topological polar surface area (TPSA) is 72.4 Å². The minimum Gasteiger partial charge on any atom is -0.393 e. The van der Waals surface area contributed by atoms with Crippen LogP contribution in [0.3, 0.4) is 0 Å². The second-order valence-corrected chi connectivity index (χ2v) is 4.86. The van der Waals surface area contributed by atoms with E-state index in [1.54, 1.807) is 18.2 Å². The number of benzene rings is 1. The van der Waals surface area contributed by atoms with Crippen molar-refractivity contribution in [2.24, 2.45) is 0 Å². The van der Waals surface area contributed by atoms with Crippen LogP contribution < -0.4 is 10.6 Å². The first-order chi connectivity index (χ1) is 8.61. The number of hydrogen-bond donors (Lipinski definition) is 1. The van der Waals surface area contributed by atoms with Crippen molar-refractivity contribution in [3.63, 3.8) is 0 Å². The number of anilines is 2. The first kappa shape index (κ1) is 12.7. The van der Waals surface area contributed by atoms with Crippen molar-refractivity contribution < 1.29 is 4.92 Å². The van der Waals surface area contributed by atoms with Crippen LogP contribution in [-0.2, 0) is 0 Å². The van der Waals surface area contributed by atoms with Gasteiger partial charge in [0.2, 0.25) is 0 Å². The maximum absolute atomic E-state index is 11.2. The number of nitro benzene ring substituents is 1. The summed E-state index contributed by atoms with van der Waals surface area (Å²) in [5.41, 5.74) is 6.70. The van der Waals surface area contributed by atoms with Gasteiger partial charge in [0.1, 0.15) is 11.4 Å². The van der Waals surface area contributed by atoms with Gasteiger partial charge >= 0.3 is 5.69 Å². The van der Waals surface area contributed by atoms with E-state index in [9.17, 15) is 10.1 Å². The summed E-state index contributed by atoms with van der Waals surface area (Å²) < 4.78 is 0. The Morgan fingerprint density at radius 3 is 2.89 bits per heavy atom. The first-order valence-electron chi connectivity index (χ1n) is 6.41. The van der Waals surface area contributed by atoms with Gasteiger partial charge in [-0.25, -0.2) is 0 Å². The maximum atomic E-state index is 11.2. The zero-order chi connectivity index (χ0) is 13.1. The summed E-state index contributed by atoms with van der Waals surface area (Å²) >= 11 is 0. The molecule has 1 fully saturated rings. The van der Waals surface area contributed by atoms with Crippen LogP contribution in [0.4, 0.5) is 17.1 Å². The Hall–Kier alpha value is -1.78. The summed E-state index contributed by atoms with van der Waals surface area (Å²) in [6, 6.07) is 5.50. The van der Waals surface area contributed by atoms with Crippen LogP contribution in [-0.4, -0.2) is 17.5 Å². The van der Waals surface area contributed by atoms with Crippen LogP contribution in [0.25, 0.3) is 0 Å². The van der Waals surface area contributed by atoms with E-state index in [2.05, 4.69) is 11.8 Å². The van der Waals surface area contributed by atoms with Crippen LogP contribution in [0.1, 0.15) is 32.6 Å². The zero-order valence-corrected chi connectivity index (χ0v) is 10.6. The van der Waals surface area contributed by atoms with Crippen LogP contribution in [0.2, 0.25) is 0 Å². The Morgan fingerprint density at radius 1 is 1.39 bits per heavy atom. The monoisotopic (exact) mass is 249 g/mol. The molecule has 1 aliphatic heterocycles. The lowest BCUT2D eigenvalue weighted by molar-refractivity contribution is -0.383. The fourth-order valence-corrected chi connectivity index (χ4v) is 2.61. The fraction of sp³-hybridized carbons (Fsp3) is 0.538. The second kappa shape index (κ2) is 5.25. The van der Waals surface area contributed by atoms with E-state index in [1.807, 2.05) is 0 Å². The summed E-state index contributed by atoms with van der Waals surface area (Å²) in [4.78, 5) is 12.9. The largest absolute Gasteiger partial charge is 0.393 e. The number of hydrogen-bond acceptors (Lipinski definition) is 4. The molecule has 1 unspecified atom stereocenters. The quantitative estimate of drug-likeness (QED) is 0.497. The molecule has 18 heavy (non-hydrogen) atoms. The third-order valence-corrected chi connectivity index (χ3v) is 3.59. The van der Waals surface area contributed by atoms with E-state index < -0.39 is 0 Å². The van der Waals surface area contributed by atoms with E-state index in [4.69, 9.17) is 5.73 Å². The molecular weight excluding hydrogens is 230 g/mol. The normalized spacial score (nSPS) is 20.5. The van der Waals surface area contributed by atoms with E-state index in [0.29, 0.717) is 11.7 Å². The lowest BCUT2D eigenvalue weighted by Gasteiger charge is -2.29. The summed E-state index contributed by atoms with van der Waals surface area (Å²) in [5, 5.41) is 11.2. The lowest BCUT2D eigenvalue weighted by atomic mass is 10.1. The molecule has 5 heteroatoms. The number of nitro groups is 1. The molecule has 1 aliphatic rings. The number of nitrogens with two attached hydrogens (primary N) is 1. The average Bonchev–Trinajstić information content (AvgIpc) is 2.53. The van der Waals surface area contributed by atoms with Gasteiger partial charge < -0.3 is 10.6 Å². The molecular formula is C13H19N3O2. The van der Waals surface area contributed by atoms with Crippen molar-refractivity contribution in [1.82, 2.24) is 0 Å². The van der Waals surface area contributed by atoms with Gasteiger partial charge in [-0.15, -0.1) is 0 Å². The van der Waals surface area contributed by atoms with E-state index in [0.717, 1.165) is 19.4 Å². The maximum Gasteiger partial charge on any atom is 0.315 e. The molecule has 0 bridgehead atoms. The summed E-state index contributed by atoms with van der Waals surface area (Å²) in [6.45, 7) is 2.99. The molecule has 2 N–H and O–H groups in total. The van der Waals surface area contributed by atoms with Gasteiger partial charge in [0.15, 0.2) is 0 Å². The number of rotatable bonds is 2. The SMILES string of the molecule is CC1CCCCCN1c1cccc(N)c1[N+](=O)[O-]. The fourth-order valence-electron chi connectivity index (χ4n) is 2.61. The predicted molar refractivity (Wildman–Crippen MR) is 72.8 cm³/mol. The molecule has 0 aromatic heterocycles. The Labute approximate surface area is 107 Å². The van der Waals surface area contributed by atoms with E-state index in [-0.39, 0.29) is 16.3 Å². The smallest absolute Gasteiger partial charge is 0.315 e. The van der Waals surface area contributed by atoms with Crippen LogP contribution >= 0.6 is 0 Å². The van der Waals surface area contributed by atoms with Crippen molar-refractivity contribution >= 4 is 17.1 Å². The van der Waals surface area contributed by atoms with Gasteiger partial charge in [0.05, 0.1) is 4.92 Å². The number of para-hydroxylation sites is 1. The second-order valence-electron chi connectivity index (χ2n) is 4.86. The Balaban J connectivity index is 2.42. The molecule has 0 aliphatic carbocycles. The van der Waals surface area contributed by atoms with Gasteiger partial charge in [-0.05, 0) is 31.9 Å². The van der Waals surface area contributed by atoms with Gasteiger partial charge in [0.25, 0.3) is 0 Å². The number of nitrogens with zero attached hydrogens (tertiary/aromatic N) is 2. The molecule has 1 saturated heterocycles. The molecule has 1 heterocycles. The van der Waals surface area contributed by atoms with Crippen molar-refractivity contribution in [2.75, 3.05) is 17.2 Å². The van der Waals surface area contributed by atoms with Crippen molar-refractivity contribution in [3.8, 4) is 0 Å². The zero-order valence-electron chi connectivity index (χ0n) is 10.6. The first-order valence-corrected chi connectivity index (χ1v) is 6.41. The molecule has 2 rings (SSSR count). The van der Waals surface area contributed by atoms with E-state index >= 15 is 0 Å². The van der Waals surface area contributed by atoms with Crippen LogP contribution in [0.15, 0.2) is 18.2 Å². The molecule has 1 aromatic rings. The summed E-state index contributed by atoms with van der Waals surface area (Å²) in [6.07, 6.45) is 4.53. The Bertz CT molecular complexity index is 448. The molecule has 1 aromatic carbocycles. The molecule has 0 amide bonds. The molecule has 0 spiro atoms. The van der Waals surface area contributed by atoms with Gasteiger partial charge in [-0.1, -0.05) is 18.9 Å². The third kappa shape index (κ3) is 2.39. The Kier molecular flexibility index (Phi) is 3.69. The van der Waals surface area contributed by atoms with Crippen LogP contribution in [0.5, 0.6) is 0 Å². The van der Waals surface area contributed by atoms with Crippen LogP contribution in [0, 0.1) is 10.1 Å². The van der Waals surface area contributed by atoms with Gasteiger partial charge in [0, 0.05) is 12.6 Å². The van der Waals surface area contributed by atoms with Crippen molar-refractivity contribution in [2.45, 2.75) is 38.6 Å². The Morgan fingerprint density at radius 2 is 2.17 bits per heavy atom. The summed E-state index contributed by atoms with van der Waals surface area (Å²) in [7, 11) is 0. The highest BCUT2D eigenvalue weighted by molar-refractivity contribution is 5.75. The number of nitrogen functional groups attached to an aromatic ring is 1. The standard InChI is InChI=1S/C13H19N3O2/c1-10-6-3-2-4-9-15(10)12-8-5-7-11(14)13(12)16(17)18/h5,7-8,10H,2-4,6,9,14H2,1H3. The average molecular weight is 249 g/mol. The van der Waals surface area contributed by atoms with Gasteiger partial charge in [-0.2, -0.15) is 0 Å². The third-order valence-electron chi connectivity index (χ3n) is 3.59. The van der Waals surface area contributed by atoms with Gasteiger partial charge in [-0.3, -0.25) is 10.1 Å². The predicted octanol–water partition coefficient (Wildman–Crippen LogP) is 2.95. The molecule has 0 radical (unpaired) electrons.